The van der Waals surface area contributed by atoms with Crippen molar-refractivity contribution in [1.82, 2.24) is 10.0 Å². The van der Waals surface area contributed by atoms with E-state index >= 15 is 0 Å². The van der Waals surface area contributed by atoms with Gasteiger partial charge in [0.25, 0.3) is 10.0 Å². The molecule has 2 aromatic rings. The second kappa shape index (κ2) is 10.4. The lowest BCUT2D eigenvalue weighted by atomic mass is 10.1. The van der Waals surface area contributed by atoms with Crippen molar-refractivity contribution in [2.24, 2.45) is 4.99 Å². The van der Waals surface area contributed by atoms with Crippen LogP contribution in [0.25, 0.3) is 0 Å². The van der Waals surface area contributed by atoms with E-state index < -0.39 is 10.0 Å². The summed E-state index contributed by atoms with van der Waals surface area (Å²) in [6.07, 6.45) is 2.84. The number of carbonyl (C=O) groups is 1. The van der Waals surface area contributed by atoms with Gasteiger partial charge in [-0.3, -0.25) is 14.5 Å². The lowest BCUT2D eigenvalue weighted by Crippen LogP contribution is -2.26. The zero-order chi connectivity index (χ0) is 22.3. The van der Waals surface area contributed by atoms with Crippen LogP contribution in [0, 0.1) is 0 Å². The van der Waals surface area contributed by atoms with Crippen LogP contribution in [0.1, 0.15) is 56.7 Å². The van der Waals surface area contributed by atoms with Crippen molar-refractivity contribution in [3.63, 3.8) is 0 Å². The molecule has 0 radical (unpaired) electrons. The first-order chi connectivity index (χ1) is 14.9. The highest BCUT2D eigenvalue weighted by Gasteiger charge is 2.29. The van der Waals surface area contributed by atoms with E-state index in [2.05, 4.69) is 15.0 Å². The van der Waals surface area contributed by atoms with Crippen LogP contribution in [-0.2, 0) is 14.8 Å². The summed E-state index contributed by atoms with van der Waals surface area (Å²) in [6.45, 7) is 5.04. The number of amides is 1. The van der Waals surface area contributed by atoms with Gasteiger partial charge in [-0.15, -0.1) is 0 Å². The number of aliphatic imine (C=N–C) groups is 1. The molecule has 0 spiro atoms. The minimum absolute atomic E-state index is 0.0187. The van der Waals surface area contributed by atoms with Crippen molar-refractivity contribution < 1.29 is 17.9 Å². The largest absolute Gasteiger partial charge is 0.494 e. The highest BCUT2D eigenvalue weighted by atomic mass is 32.2. The quantitative estimate of drug-likeness (QED) is 0.549. The number of ether oxygens (including phenoxy) is 1. The summed E-state index contributed by atoms with van der Waals surface area (Å²) in [5.74, 6) is 1.24. The van der Waals surface area contributed by atoms with Gasteiger partial charge < -0.3 is 10.1 Å². The molecular formula is C23H29N3O4S. The Balaban J connectivity index is 1.37. The number of hydrogen-bond donors (Lipinski definition) is 2. The van der Waals surface area contributed by atoms with Crippen LogP contribution in [-0.4, -0.2) is 33.3 Å². The van der Waals surface area contributed by atoms with E-state index in [9.17, 15) is 13.2 Å². The lowest BCUT2D eigenvalue weighted by molar-refractivity contribution is -0.121. The molecule has 0 saturated heterocycles. The molecule has 31 heavy (non-hydrogen) atoms. The molecule has 0 fully saturated rings. The number of sulfonamides is 1. The second-order valence-corrected chi connectivity index (χ2v) is 9.08. The standard InChI is InChI=1S/C23H29N3O4S/c1-3-30-19-14-12-18(13-15-19)17(2)25-22(27)11-5-4-8-16-24-23-20-9-6-7-10-21(20)31(28,29)26-23/h6-7,9-10,12-15,17H,3-5,8,11,16H2,1-2H3,(H,24,26)(H,25,27). The zero-order valence-electron chi connectivity index (χ0n) is 17.9. The zero-order valence-corrected chi connectivity index (χ0v) is 18.7. The van der Waals surface area contributed by atoms with Crippen LogP contribution in [0.3, 0.4) is 0 Å². The van der Waals surface area contributed by atoms with Crippen LogP contribution in [0.5, 0.6) is 5.75 Å². The first-order valence-corrected chi connectivity index (χ1v) is 12.1. The number of nitrogens with one attached hydrogen (secondary N) is 2. The van der Waals surface area contributed by atoms with E-state index in [1.807, 2.05) is 38.1 Å². The molecule has 0 bridgehead atoms. The average molecular weight is 444 g/mol. The van der Waals surface area contributed by atoms with E-state index in [1.165, 1.54) is 0 Å². The fourth-order valence-corrected chi connectivity index (χ4v) is 4.68. The number of hydrogen-bond acceptors (Lipinski definition) is 5. The molecule has 0 aliphatic carbocycles. The van der Waals surface area contributed by atoms with Crippen molar-refractivity contribution in [2.45, 2.75) is 50.5 Å². The summed E-state index contributed by atoms with van der Waals surface area (Å²) < 4.78 is 32.1. The Morgan fingerprint density at radius 2 is 1.84 bits per heavy atom. The molecular weight excluding hydrogens is 414 g/mol. The maximum Gasteiger partial charge on any atom is 0.263 e. The monoisotopic (exact) mass is 443 g/mol. The van der Waals surface area contributed by atoms with Gasteiger partial charge in [-0.1, -0.05) is 30.7 Å². The number of carbonyl (C=O) groups excluding carboxylic acids is 1. The second-order valence-electron chi connectivity index (χ2n) is 7.43. The number of unbranched alkanes of at least 4 members (excludes halogenated alkanes) is 2. The van der Waals surface area contributed by atoms with Gasteiger partial charge in [0.1, 0.15) is 11.6 Å². The van der Waals surface area contributed by atoms with Crippen LogP contribution < -0.4 is 14.8 Å². The molecule has 1 amide bonds. The fourth-order valence-electron chi connectivity index (χ4n) is 3.43. The maximum atomic E-state index is 12.2. The van der Waals surface area contributed by atoms with Gasteiger partial charge >= 0.3 is 0 Å². The van der Waals surface area contributed by atoms with Gasteiger partial charge in [0.2, 0.25) is 5.91 Å². The molecule has 1 atom stereocenters. The Bertz CT molecular complexity index is 1030. The number of nitrogens with zero attached hydrogens (tertiary/aromatic N) is 1. The Kier molecular flexibility index (Phi) is 7.68. The average Bonchev–Trinajstić information content (AvgIpc) is 3.01. The maximum absolute atomic E-state index is 12.2. The molecule has 1 aliphatic rings. The third kappa shape index (κ3) is 6.07. The third-order valence-electron chi connectivity index (χ3n) is 5.06. The van der Waals surface area contributed by atoms with Gasteiger partial charge in [0.05, 0.1) is 17.5 Å². The van der Waals surface area contributed by atoms with Gasteiger partial charge in [-0.25, -0.2) is 8.42 Å². The molecule has 2 aromatic carbocycles. The van der Waals surface area contributed by atoms with Crippen LogP contribution in [0.2, 0.25) is 0 Å². The molecule has 7 nitrogen and oxygen atoms in total. The van der Waals surface area contributed by atoms with Gasteiger partial charge in [-0.05, 0) is 56.5 Å². The minimum Gasteiger partial charge on any atom is -0.494 e. The number of amidine groups is 1. The van der Waals surface area contributed by atoms with E-state index in [0.717, 1.165) is 30.6 Å². The Morgan fingerprint density at radius 1 is 1.10 bits per heavy atom. The molecule has 2 N–H and O–H groups in total. The predicted molar refractivity (Wildman–Crippen MR) is 121 cm³/mol. The van der Waals surface area contributed by atoms with Crippen molar-refractivity contribution in [2.75, 3.05) is 13.2 Å². The van der Waals surface area contributed by atoms with E-state index in [4.69, 9.17) is 4.74 Å². The molecule has 0 aromatic heterocycles. The van der Waals surface area contributed by atoms with Crippen LogP contribution in [0.4, 0.5) is 0 Å². The smallest absolute Gasteiger partial charge is 0.263 e. The molecule has 3 rings (SSSR count). The summed E-state index contributed by atoms with van der Waals surface area (Å²) in [6, 6.07) is 14.5. The third-order valence-corrected chi connectivity index (χ3v) is 6.46. The summed E-state index contributed by atoms with van der Waals surface area (Å²) in [7, 11) is -3.49. The number of benzene rings is 2. The van der Waals surface area contributed by atoms with E-state index in [0.29, 0.717) is 31.0 Å². The van der Waals surface area contributed by atoms with Crippen molar-refractivity contribution >= 4 is 21.8 Å². The molecule has 0 saturated carbocycles. The van der Waals surface area contributed by atoms with Gasteiger partial charge in [0.15, 0.2) is 0 Å². The number of fused-ring (bicyclic) bond motifs is 1. The number of rotatable bonds is 10. The molecule has 166 valence electrons. The van der Waals surface area contributed by atoms with Gasteiger partial charge in [0, 0.05) is 18.5 Å². The Hall–Kier alpha value is -2.87. The van der Waals surface area contributed by atoms with Crippen LogP contribution in [0.15, 0.2) is 58.4 Å². The summed E-state index contributed by atoms with van der Waals surface area (Å²) in [4.78, 5) is 16.9. The Labute approximate surface area is 184 Å². The first kappa shape index (κ1) is 22.8. The summed E-state index contributed by atoms with van der Waals surface area (Å²) >= 11 is 0. The Morgan fingerprint density at radius 3 is 2.58 bits per heavy atom. The fraction of sp³-hybridized carbons (Fsp3) is 0.391. The van der Waals surface area contributed by atoms with E-state index in [-0.39, 0.29) is 16.8 Å². The SMILES string of the molecule is CCOc1ccc(C(C)NC(=O)CCCCCN=C2NS(=O)(=O)c3ccccc32)cc1. The van der Waals surface area contributed by atoms with Crippen molar-refractivity contribution in [3.05, 3.63) is 59.7 Å². The van der Waals surface area contributed by atoms with Crippen molar-refractivity contribution in [3.8, 4) is 5.75 Å². The minimum atomic E-state index is -3.49. The molecule has 1 aliphatic heterocycles. The molecule has 1 unspecified atom stereocenters. The van der Waals surface area contributed by atoms with Gasteiger partial charge in [-0.2, -0.15) is 0 Å². The highest BCUT2D eigenvalue weighted by molar-refractivity contribution is 7.90. The van der Waals surface area contributed by atoms with E-state index in [1.54, 1.807) is 24.3 Å². The summed E-state index contributed by atoms with van der Waals surface area (Å²) in [5, 5.41) is 3.02. The van der Waals surface area contributed by atoms with Crippen molar-refractivity contribution in [1.29, 1.82) is 0 Å². The lowest BCUT2D eigenvalue weighted by Gasteiger charge is -2.15. The topological polar surface area (TPSA) is 96.9 Å². The van der Waals surface area contributed by atoms with Crippen LogP contribution >= 0.6 is 0 Å². The normalized spacial score (nSPS) is 16.4. The highest BCUT2D eigenvalue weighted by Crippen LogP contribution is 2.22. The summed E-state index contributed by atoms with van der Waals surface area (Å²) in [5.41, 5.74) is 1.65. The first-order valence-electron chi connectivity index (χ1n) is 10.6. The molecule has 8 heteroatoms. The molecule has 1 heterocycles. The predicted octanol–water partition coefficient (Wildman–Crippen LogP) is 3.56.